The minimum Gasteiger partial charge on any atom is -0.454 e. The maximum atomic E-state index is 13.9. The van der Waals surface area contributed by atoms with E-state index in [1.807, 2.05) is 26.0 Å². The van der Waals surface area contributed by atoms with E-state index in [2.05, 4.69) is 20.3 Å². The molecule has 0 radical (unpaired) electrons. The summed E-state index contributed by atoms with van der Waals surface area (Å²) in [6, 6.07) is 14.9. The Morgan fingerprint density at radius 3 is 2.50 bits per heavy atom. The molecule has 1 aliphatic rings. The minimum absolute atomic E-state index is 0.0157. The zero-order chi connectivity index (χ0) is 28.1. The third-order valence-electron chi connectivity index (χ3n) is 6.07. The first kappa shape index (κ1) is 27.1. The summed E-state index contributed by atoms with van der Waals surface area (Å²) >= 11 is 1.19. The maximum absolute atomic E-state index is 13.9. The first-order chi connectivity index (χ1) is 19.4. The number of nitrogens with one attached hydrogen (secondary N) is 1. The van der Waals surface area contributed by atoms with Crippen molar-refractivity contribution in [1.29, 1.82) is 0 Å². The van der Waals surface area contributed by atoms with Gasteiger partial charge in [-0.15, -0.1) is 0 Å². The average molecular weight is 560 g/mol. The lowest BCUT2D eigenvalue weighted by molar-refractivity contribution is -0.137. The first-order valence-corrected chi connectivity index (χ1v) is 13.4. The van der Waals surface area contributed by atoms with E-state index in [4.69, 9.17) is 9.47 Å². The van der Waals surface area contributed by atoms with Crippen molar-refractivity contribution in [3.63, 3.8) is 0 Å². The molecule has 2 amide bonds. The summed E-state index contributed by atoms with van der Waals surface area (Å²) in [5.41, 5.74) is 3.23. The molecule has 3 heterocycles. The summed E-state index contributed by atoms with van der Waals surface area (Å²) in [4.78, 5) is 42.1. The maximum Gasteiger partial charge on any atom is 0.251 e. The monoisotopic (exact) mass is 559 g/mol. The van der Waals surface area contributed by atoms with Crippen LogP contribution < -0.4 is 14.8 Å². The number of ether oxygens (including phenoxy) is 2. The molecular weight excluding hydrogens is 533 g/mol. The molecule has 2 aromatic carbocycles. The molecule has 0 aliphatic carbocycles. The molecule has 11 heteroatoms. The number of aryl methyl sites for hydroxylation is 2. The highest BCUT2D eigenvalue weighted by atomic mass is 32.2. The molecule has 1 atom stereocenters. The molecule has 0 unspecified atom stereocenters. The quantitative estimate of drug-likeness (QED) is 0.229. The van der Waals surface area contributed by atoms with Gasteiger partial charge in [0.2, 0.25) is 12.7 Å². The number of carbonyl (C=O) groups is 2. The molecule has 2 aromatic heterocycles. The van der Waals surface area contributed by atoms with Gasteiger partial charge in [0.1, 0.15) is 11.9 Å². The van der Waals surface area contributed by atoms with Crippen molar-refractivity contribution in [2.24, 2.45) is 0 Å². The highest BCUT2D eigenvalue weighted by Crippen LogP contribution is 2.35. The molecule has 0 saturated heterocycles. The van der Waals surface area contributed by atoms with Crippen molar-refractivity contribution >= 4 is 29.3 Å². The van der Waals surface area contributed by atoms with Crippen molar-refractivity contribution in [1.82, 2.24) is 19.9 Å². The van der Waals surface area contributed by atoms with Crippen LogP contribution in [0.15, 0.2) is 78.2 Å². The smallest absolute Gasteiger partial charge is 0.251 e. The summed E-state index contributed by atoms with van der Waals surface area (Å²) in [5, 5.41) is 3.35. The number of carbonyl (C=O) groups excluding carboxylic acids is 2. The normalized spacial score (nSPS) is 12.6. The van der Waals surface area contributed by atoms with Crippen LogP contribution in [0.2, 0.25) is 0 Å². The fourth-order valence-corrected chi connectivity index (χ4v) is 5.12. The third kappa shape index (κ3) is 6.55. The third-order valence-corrected chi connectivity index (χ3v) is 6.90. The first-order valence-electron chi connectivity index (χ1n) is 12.4. The molecule has 1 N–H and O–H groups in total. The summed E-state index contributed by atoms with van der Waals surface area (Å²) in [7, 11) is 0. The number of thioether (sulfide) groups is 1. The fourth-order valence-electron chi connectivity index (χ4n) is 4.28. The zero-order valence-corrected chi connectivity index (χ0v) is 22.7. The number of nitrogens with zero attached hydrogens (tertiary/aromatic N) is 4. The molecular formula is C29H26FN5O4S. The summed E-state index contributed by atoms with van der Waals surface area (Å²) in [6.07, 6.45) is 3.27. The number of hydrogen-bond acceptors (Lipinski definition) is 8. The molecule has 0 fully saturated rings. The van der Waals surface area contributed by atoms with Gasteiger partial charge in [-0.05, 0) is 61.4 Å². The van der Waals surface area contributed by atoms with Gasteiger partial charge in [-0.1, -0.05) is 30.0 Å². The topological polar surface area (TPSA) is 107 Å². The average Bonchev–Trinajstić information content (AvgIpc) is 3.40. The van der Waals surface area contributed by atoms with E-state index < -0.39 is 17.8 Å². The molecule has 0 bridgehead atoms. The van der Waals surface area contributed by atoms with Crippen molar-refractivity contribution < 1.29 is 23.5 Å². The second kappa shape index (κ2) is 12.1. The lowest BCUT2D eigenvalue weighted by atomic mass is 10.0. The molecule has 204 valence electrons. The number of benzene rings is 2. The predicted octanol–water partition coefficient (Wildman–Crippen LogP) is 4.86. The predicted molar refractivity (Wildman–Crippen MR) is 147 cm³/mol. The van der Waals surface area contributed by atoms with Crippen LogP contribution in [0.4, 0.5) is 10.1 Å². The number of pyridine rings is 1. The molecule has 9 nitrogen and oxygen atoms in total. The van der Waals surface area contributed by atoms with Crippen LogP contribution in [0.25, 0.3) is 0 Å². The Morgan fingerprint density at radius 1 is 1.02 bits per heavy atom. The van der Waals surface area contributed by atoms with Crippen LogP contribution in [0.5, 0.6) is 11.5 Å². The standard InChI is InChI=1S/C29H26FN5O4S/c1-18-12-19(2)33-29(32-18)40-16-26(36)35(15-20-4-3-11-31-14-20)27(21-5-7-22(30)8-6-21)28(37)34-23-9-10-24-25(13-23)39-17-38-24/h3-14,27H,15-17H2,1-2H3,(H,34,37)/t27-/m1/s1. The van der Waals surface area contributed by atoms with Gasteiger partial charge in [-0.25, -0.2) is 14.4 Å². The van der Waals surface area contributed by atoms with Gasteiger partial charge in [0.05, 0.1) is 5.75 Å². The van der Waals surface area contributed by atoms with E-state index in [1.165, 1.54) is 40.9 Å². The largest absolute Gasteiger partial charge is 0.454 e. The molecule has 4 aromatic rings. The van der Waals surface area contributed by atoms with Gasteiger partial charge in [0.15, 0.2) is 16.7 Å². The van der Waals surface area contributed by atoms with Crippen molar-refractivity contribution in [3.05, 3.63) is 101 Å². The zero-order valence-electron chi connectivity index (χ0n) is 21.8. The van der Waals surface area contributed by atoms with Gasteiger partial charge in [-0.2, -0.15) is 0 Å². The van der Waals surface area contributed by atoms with Gasteiger partial charge in [-0.3, -0.25) is 14.6 Å². The molecule has 1 aliphatic heterocycles. The Hall–Kier alpha value is -4.51. The molecule has 40 heavy (non-hydrogen) atoms. The van der Waals surface area contributed by atoms with Crippen molar-refractivity contribution in [3.8, 4) is 11.5 Å². The Kier molecular flexibility index (Phi) is 8.20. The van der Waals surface area contributed by atoms with E-state index in [9.17, 15) is 14.0 Å². The second-order valence-corrected chi connectivity index (χ2v) is 10.1. The number of amides is 2. The number of anilines is 1. The van der Waals surface area contributed by atoms with E-state index in [1.54, 1.807) is 36.7 Å². The number of hydrogen-bond donors (Lipinski definition) is 1. The van der Waals surface area contributed by atoms with Crippen LogP contribution in [-0.4, -0.2) is 44.2 Å². The van der Waals surface area contributed by atoms with Crippen molar-refractivity contribution in [2.45, 2.75) is 31.6 Å². The Morgan fingerprint density at radius 2 is 1.77 bits per heavy atom. The number of rotatable bonds is 9. The van der Waals surface area contributed by atoms with Crippen LogP contribution in [0, 0.1) is 19.7 Å². The van der Waals surface area contributed by atoms with Gasteiger partial charge in [0.25, 0.3) is 5.91 Å². The van der Waals surface area contributed by atoms with Crippen LogP contribution in [0.1, 0.15) is 28.6 Å². The van der Waals surface area contributed by atoms with Crippen molar-refractivity contribution in [2.75, 3.05) is 17.9 Å². The van der Waals surface area contributed by atoms with Crippen LogP contribution in [-0.2, 0) is 16.1 Å². The van der Waals surface area contributed by atoms with Gasteiger partial charge < -0.3 is 19.7 Å². The summed E-state index contributed by atoms with van der Waals surface area (Å²) in [6.45, 7) is 3.91. The Labute approximate surface area is 234 Å². The number of halogens is 1. The Balaban J connectivity index is 1.47. The van der Waals surface area contributed by atoms with E-state index in [0.717, 1.165) is 17.0 Å². The second-order valence-electron chi connectivity index (χ2n) is 9.12. The van der Waals surface area contributed by atoms with E-state index in [0.29, 0.717) is 27.9 Å². The summed E-state index contributed by atoms with van der Waals surface area (Å²) in [5.74, 6) is -0.192. The molecule has 5 rings (SSSR count). The van der Waals surface area contributed by atoms with Gasteiger partial charge in [0, 0.05) is 42.1 Å². The lowest BCUT2D eigenvalue weighted by Crippen LogP contribution is -2.41. The molecule has 0 spiro atoms. The SMILES string of the molecule is Cc1cc(C)nc(SCC(=O)N(Cc2cccnc2)[C@@H](C(=O)Nc2ccc3c(c2)OCO3)c2ccc(F)cc2)n1. The van der Waals surface area contributed by atoms with Crippen LogP contribution >= 0.6 is 11.8 Å². The Bertz CT molecular complexity index is 1500. The van der Waals surface area contributed by atoms with Crippen LogP contribution in [0.3, 0.4) is 0 Å². The van der Waals surface area contributed by atoms with Gasteiger partial charge >= 0.3 is 0 Å². The molecule has 0 saturated carbocycles. The van der Waals surface area contributed by atoms with E-state index >= 15 is 0 Å². The number of aromatic nitrogens is 3. The minimum atomic E-state index is -1.08. The highest BCUT2D eigenvalue weighted by Gasteiger charge is 2.32. The number of fused-ring (bicyclic) bond motifs is 1. The fraction of sp³-hybridized carbons (Fsp3) is 0.207. The highest BCUT2D eigenvalue weighted by molar-refractivity contribution is 7.99. The van der Waals surface area contributed by atoms with E-state index in [-0.39, 0.29) is 25.0 Å². The lowest BCUT2D eigenvalue weighted by Gasteiger charge is -2.31. The summed E-state index contributed by atoms with van der Waals surface area (Å²) < 4.78 is 24.7.